The van der Waals surface area contributed by atoms with Crippen molar-refractivity contribution in [2.45, 2.75) is 52.9 Å². The number of nitrogens with zero attached hydrogens (tertiary/aromatic N) is 1. The summed E-state index contributed by atoms with van der Waals surface area (Å²) in [6, 6.07) is 0. The molecule has 2 nitrogen and oxygen atoms in total. The molecule has 1 saturated heterocycles. The number of hydrogen-bond donors (Lipinski definition) is 1. The van der Waals surface area contributed by atoms with Gasteiger partial charge in [0.15, 0.2) is 0 Å². The van der Waals surface area contributed by atoms with E-state index in [9.17, 15) is 0 Å². The number of unbranched alkanes of at least 4 members (excludes halogenated alkanes) is 1. The summed E-state index contributed by atoms with van der Waals surface area (Å²) in [5.74, 6) is 0. The highest BCUT2D eigenvalue weighted by Crippen LogP contribution is 2.33. The number of nitrogens with one attached hydrogen (secondary N) is 1. The molecule has 0 unspecified atom stereocenters. The molecular formula is C14H30N2. The zero-order valence-electron chi connectivity index (χ0n) is 11.5. The van der Waals surface area contributed by atoms with Crippen molar-refractivity contribution in [1.29, 1.82) is 0 Å². The molecule has 96 valence electrons. The third-order valence-corrected chi connectivity index (χ3v) is 4.23. The minimum Gasteiger partial charge on any atom is -0.315 e. The van der Waals surface area contributed by atoms with Crippen LogP contribution in [-0.4, -0.2) is 37.6 Å². The topological polar surface area (TPSA) is 15.3 Å². The molecule has 0 aromatic carbocycles. The third-order valence-electron chi connectivity index (χ3n) is 4.23. The van der Waals surface area contributed by atoms with Gasteiger partial charge in [0, 0.05) is 13.1 Å². The molecule has 0 amide bonds. The highest BCUT2D eigenvalue weighted by atomic mass is 15.1. The summed E-state index contributed by atoms with van der Waals surface area (Å²) in [7, 11) is 0. The second-order valence-electron chi connectivity index (χ2n) is 5.61. The molecule has 0 spiro atoms. The van der Waals surface area contributed by atoms with E-state index in [0.29, 0.717) is 5.41 Å². The van der Waals surface area contributed by atoms with Gasteiger partial charge in [-0.25, -0.2) is 0 Å². The number of likely N-dealkylation sites (tertiary alicyclic amines) is 1. The van der Waals surface area contributed by atoms with Crippen molar-refractivity contribution in [3.05, 3.63) is 0 Å². The Labute approximate surface area is 102 Å². The molecule has 0 radical (unpaired) electrons. The average molecular weight is 226 g/mol. The number of piperidine rings is 1. The predicted molar refractivity (Wildman–Crippen MR) is 71.8 cm³/mol. The van der Waals surface area contributed by atoms with Crippen LogP contribution in [0, 0.1) is 5.41 Å². The third kappa shape index (κ3) is 4.84. The van der Waals surface area contributed by atoms with E-state index in [0.717, 1.165) is 0 Å². The van der Waals surface area contributed by atoms with Crippen LogP contribution >= 0.6 is 0 Å². The molecule has 0 aromatic rings. The van der Waals surface area contributed by atoms with Crippen molar-refractivity contribution in [2.75, 3.05) is 32.7 Å². The fourth-order valence-corrected chi connectivity index (χ4v) is 2.33. The molecule has 0 atom stereocenters. The Balaban J connectivity index is 2.04. The number of hydrogen-bond acceptors (Lipinski definition) is 2. The minimum atomic E-state index is 0.631. The fraction of sp³-hybridized carbons (Fsp3) is 1.00. The minimum absolute atomic E-state index is 0.631. The van der Waals surface area contributed by atoms with Crippen molar-refractivity contribution in [3.8, 4) is 0 Å². The maximum absolute atomic E-state index is 3.53. The van der Waals surface area contributed by atoms with Gasteiger partial charge in [0.1, 0.15) is 0 Å². The van der Waals surface area contributed by atoms with E-state index in [1.54, 1.807) is 0 Å². The lowest BCUT2D eigenvalue weighted by Crippen LogP contribution is -2.41. The molecule has 1 N–H and O–H groups in total. The van der Waals surface area contributed by atoms with Crippen LogP contribution in [-0.2, 0) is 0 Å². The van der Waals surface area contributed by atoms with Crippen molar-refractivity contribution in [2.24, 2.45) is 5.41 Å². The van der Waals surface area contributed by atoms with E-state index in [1.807, 2.05) is 0 Å². The SMILES string of the molecule is CCCCNCCN1CCC(C)(CC)CC1. The molecule has 0 aromatic heterocycles. The van der Waals surface area contributed by atoms with Crippen LogP contribution < -0.4 is 5.32 Å². The van der Waals surface area contributed by atoms with E-state index in [2.05, 4.69) is 31.0 Å². The zero-order valence-corrected chi connectivity index (χ0v) is 11.5. The van der Waals surface area contributed by atoms with Crippen LogP contribution in [0.2, 0.25) is 0 Å². The first kappa shape index (κ1) is 14.0. The highest BCUT2D eigenvalue weighted by Gasteiger charge is 2.27. The smallest absolute Gasteiger partial charge is 0.0107 e. The van der Waals surface area contributed by atoms with Crippen molar-refractivity contribution >= 4 is 0 Å². The van der Waals surface area contributed by atoms with E-state index in [-0.39, 0.29) is 0 Å². The van der Waals surface area contributed by atoms with E-state index < -0.39 is 0 Å². The summed E-state index contributed by atoms with van der Waals surface area (Å²) in [6.45, 7) is 13.2. The standard InChI is InChI=1S/C14H30N2/c1-4-6-9-15-10-13-16-11-7-14(3,5-2)8-12-16/h15H,4-13H2,1-3H3. The van der Waals surface area contributed by atoms with Gasteiger partial charge >= 0.3 is 0 Å². The molecular weight excluding hydrogens is 196 g/mol. The van der Waals surface area contributed by atoms with Crippen LogP contribution in [0.1, 0.15) is 52.9 Å². The molecule has 0 saturated carbocycles. The van der Waals surface area contributed by atoms with Gasteiger partial charge in [-0.15, -0.1) is 0 Å². The summed E-state index contributed by atoms with van der Waals surface area (Å²) in [5, 5.41) is 3.53. The first-order chi connectivity index (χ1) is 7.70. The van der Waals surface area contributed by atoms with Gasteiger partial charge in [-0.3, -0.25) is 0 Å². The van der Waals surface area contributed by atoms with Crippen molar-refractivity contribution < 1.29 is 0 Å². The summed E-state index contributed by atoms with van der Waals surface area (Å²) < 4.78 is 0. The van der Waals surface area contributed by atoms with Crippen LogP contribution in [0.15, 0.2) is 0 Å². The van der Waals surface area contributed by atoms with E-state index >= 15 is 0 Å². The first-order valence-electron chi connectivity index (χ1n) is 7.13. The van der Waals surface area contributed by atoms with Gasteiger partial charge in [-0.1, -0.05) is 33.6 Å². The Bertz CT molecular complexity index is 172. The van der Waals surface area contributed by atoms with E-state index in [1.165, 1.54) is 64.8 Å². The maximum Gasteiger partial charge on any atom is 0.0107 e. The van der Waals surface area contributed by atoms with Gasteiger partial charge in [0.25, 0.3) is 0 Å². The lowest BCUT2D eigenvalue weighted by molar-refractivity contribution is 0.115. The Kier molecular flexibility index (Phi) is 6.37. The van der Waals surface area contributed by atoms with Crippen LogP contribution in [0.5, 0.6) is 0 Å². The average Bonchev–Trinajstić information content (AvgIpc) is 2.31. The molecule has 1 aliphatic rings. The lowest BCUT2D eigenvalue weighted by atomic mass is 9.78. The van der Waals surface area contributed by atoms with Crippen molar-refractivity contribution in [3.63, 3.8) is 0 Å². The highest BCUT2D eigenvalue weighted by molar-refractivity contribution is 4.81. The Morgan fingerprint density at radius 3 is 2.38 bits per heavy atom. The van der Waals surface area contributed by atoms with E-state index in [4.69, 9.17) is 0 Å². The molecule has 1 rings (SSSR count). The number of rotatable bonds is 7. The van der Waals surface area contributed by atoms with Crippen LogP contribution in [0.25, 0.3) is 0 Å². The van der Waals surface area contributed by atoms with Gasteiger partial charge in [0.05, 0.1) is 0 Å². The Hall–Kier alpha value is -0.0800. The first-order valence-corrected chi connectivity index (χ1v) is 7.13. The van der Waals surface area contributed by atoms with Crippen LogP contribution in [0.3, 0.4) is 0 Å². The molecule has 1 fully saturated rings. The lowest BCUT2D eigenvalue weighted by Gasteiger charge is -2.38. The summed E-state index contributed by atoms with van der Waals surface area (Å²) in [6.07, 6.45) is 6.73. The van der Waals surface area contributed by atoms with Crippen LogP contribution in [0.4, 0.5) is 0 Å². The van der Waals surface area contributed by atoms with Gasteiger partial charge in [0.2, 0.25) is 0 Å². The van der Waals surface area contributed by atoms with Crippen molar-refractivity contribution in [1.82, 2.24) is 10.2 Å². The second kappa shape index (κ2) is 7.29. The summed E-state index contributed by atoms with van der Waals surface area (Å²) >= 11 is 0. The van der Waals surface area contributed by atoms with Gasteiger partial charge in [-0.2, -0.15) is 0 Å². The summed E-state index contributed by atoms with van der Waals surface area (Å²) in [5.41, 5.74) is 0.631. The predicted octanol–water partition coefficient (Wildman–Crippen LogP) is 2.89. The quantitative estimate of drug-likeness (QED) is 0.672. The Morgan fingerprint density at radius 2 is 1.81 bits per heavy atom. The fourth-order valence-electron chi connectivity index (χ4n) is 2.33. The Morgan fingerprint density at radius 1 is 1.12 bits per heavy atom. The molecule has 1 aliphatic heterocycles. The molecule has 2 heteroatoms. The summed E-state index contributed by atoms with van der Waals surface area (Å²) in [4.78, 5) is 2.62. The molecule has 0 aliphatic carbocycles. The maximum atomic E-state index is 3.53. The molecule has 1 heterocycles. The largest absolute Gasteiger partial charge is 0.315 e. The second-order valence-corrected chi connectivity index (χ2v) is 5.61. The zero-order chi connectivity index (χ0) is 11.9. The normalized spacial score (nSPS) is 21.2. The van der Waals surface area contributed by atoms with Gasteiger partial charge < -0.3 is 10.2 Å². The monoisotopic (exact) mass is 226 g/mol. The molecule has 0 bridgehead atoms. The molecule has 16 heavy (non-hydrogen) atoms. The van der Waals surface area contributed by atoms with Gasteiger partial charge in [-0.05, 0) is 44.3 Å².